The van der Waals surface area contributed by atoms with Crippen molar-refractivity contribution in [2.24, 2.45) is 0 Å². The van der Waals surface area contributed by atoms with Gasteiger partial charge in [-0.1, -0.05) is 35.3 Å². The first kappa shape index (κ1) is 21.2. The molecule has 0 amide bonds. The van der Waals surface area contributed by atoms with Crippen LogP contribution in [-0.4, -0.2) is 47.0 Å². The molecule has 1 aliphatic heterocycles. The fraction of sp³-hybridized carbons (Fsp3) is 0.211. The van der Waals surface area contributed by atoms with Crippen LogP contribution in [0.4, 0.5) is 8.78 Å². The van der Waals surface area contributed by atoms with Crippen LogP contribution in [0.1, 0.15) is 22.9 Å². The number of rotatable bonds is 5. The summed E-state index contributed by atoms with van der Waals surface area (Å²) < 4.78 is 53.8. The molecule has 1 aliphatic rings. The van der Waals surface area contributed by atoms with Gasteiger partial charge in [-0.2, -0.15) is 4.31 Å². The molecule has 158 valence electrons. The summed E-state index contributed by atoms with van der Waals surface area (Å²) in [5, 5.41) is 8.99. The van der Waals surface area contributed by atoms with E-state index in [0.717, 1.165) is 4.31 Å². The Morgan fingerprint density at radius 2 is 1.60 bits per heavy atom. The molecule has 4 rings (SSSR count). The van der Waals surface area contributed by atoms with Gasteiger partial charge >= 0.3 is 0 Å². The zero-order valence-corrected chi connectivity index (χ0v) is 17.5. The van der Waals surface area contributed by atoms with Crippen molar-refractivity contribution >= 4 is 33.2 Å². The monoisotopic (exact) mass is 473 g/mol. The maximum absolute atomic E-state index is 13.7. The number of halogens is 4. The SMILES string of the molecule is O=S(=O)(c1cnc(C(c2ccc(F)c(Cl)c2)c2ccc(F)c(Cl)c2)[nH]1)N1CC(O)C1. The number of aliphatic hydroxyl groups is 1. The van der Waals surface area contributed by atoms with E-state index < -0.39 is 33.7 Å². The Morgan fingerprint density at radius 3 is 2.07 bits per heavy atom. The van der Waals surface area contributed by atoms with Crippen LogP contribution in [0.25, 0.3) is 0 Å². The fourth-order valence-electron chi connectivity index (χ4n) is 3.24. The molecule has 0 spiro atoms. The van der Waals surface area contributed by atoms with Crippen molar-refractivity contribution in [2.75, 3.05) is 13.1 Å². The summed E-state index contributed by atoms with van der Waals surface area (Å²) in [5.41, 5.74) is 1.00. The molecular formula is C19H15Cl2F2N3O3S. The predicted molar refractivity (Wildman–Crippen MR) is 107 cm³/mol. The van der Waals surface area contributed by atoms with Crippen molar-refractivity contribution in [3.8, 4) is 0 Å². The van der Waals surface area contributed by atoms with Gasteiger partial charge in [-0.15, -0.1) is 0 Å². The van der Waals surface area contributed by atoms with E-state index in [0.29, 0.717) is 11.1 Å². The Kier molecular flexibility index (Phi) is 5.58. The third-order valence-corrected chi connectivity index (χ3v) is 7.17. The van der Waals surface area contributed by atoms with Crippen molar-refractivity contribution < 1.29 is 22.3 Å². The lowest BCUT2D eigenvalue weighted by Crippen LogP contribution is -2.53. The fourth-order valence-corrected chi connectivity index (χ4v) is 5.05. The molecule has 6 nitrogen and oxygen atoms in total. The second-order valence-electron chi connectivity index (χ2n) is 6.89. The minimum atomic E-state index is -3.86. The van der Waals surface area contributed by atoms with Gasteiger partial charge in [0.2, 0.25) is 0 Å². The second-order valence-corrected chi connectivity index (χ2v) is 9.61. The zero-order valence-electron chi connectivity index (χ0n) is 15.2. The Bertz CT molecular complexity index is 1160. The summed E-state index contributed by atoms with van der Waals surface area (Å²) >= 11 is 11.9. The number of aliphatic hydroxyl groups excluding tert-OH is 1. The molecule has 0 bridgehead atoms. The van der Waals surface area contributed by atoms with E-state index in [9.17, 15) is 22.3 Å². The number of aromatic nitrogens is 2. The lowest BCUT2D eigenvalue weighted by Gasteiger charge is -2.33. The van der Waals surface area contributed by atoms with E-state index in [1.165, 1.54) is 42.6 Å². The first-order valence-electron chi connectivity index (χ1n) is 8.80. The normalized spacial score (nSPS) is 15.5. The highest BCUT2D eigenvalue weighted by Crippen LogP contribution is 2.35. The first-order chi connectivity index (χ1) is 14.2. The van der Waals surface area contributed by atoms with Crippen LogP contribution in [0.5, 0.6) is 0 Å². The molecule has 1 fully saturated rings. The topological polar surface area (TPSA) is 86.3 Å². The predicted octanol–water partition coefficient (Wildman–Crippen LogP) is 3.54. The van der Waals surface area contributed by atoms with Crippen molar-refractivity contribution in [2.45, 2.75) is 17.0 Å². The Labute approximate surface area is 181 Å². The van der Waals surface area contributed by atoms with Gasteiger partial charge in [0.25, 0.3) is 10.0 Å². The van der Waals surface area contributed by atoms with Crippen molar-refractivity contribution in [1.29, 1.82) is 0 Å². The molecule has 2 aromatic carbocycles. The average Bonchev–Trinajstić information content (AvgIpc) is 3.15. The summed E-state index contributed by atoms with van der Waals surface area (Å²) in [5.74, 6) is -1.72. The van der Waals surface area contributed by atoms with Gasteiger partial charge in [0, 0.05) is 13.1 Å². The van der Waals surface area contributed by atoms with Crippen molar-refractivity contribution in [3.63, 3.8) is 0 Å². The molecule has 0 atom stereocenters. The number of nitrogens with one attached hydrogen (secondary N) is 1. The third-order valence-electron chi connectivity index (χ3n) is 4.85. The van der Waals surface area contributed by atoms with Gasteiger partial charge in [-0.25, -0.2) is 22.2 Å². The van der Waals surface area contributed by atoms with E-state index in [2.05, 4.69) is 9.97 Å². The number of H-pyrrole nitrogens is 1. The van der Waals surface area contributed by atoms with Gasteiger partial charge in [0.15, 0.2) is 5.03 Å². The van der Waals surface area contributed by atoms with Gasteiger partial charge in [-0.05, 0) is 35.4 Å². The average molecular weight is 474 g/mol. The minimum Gasteiger partial charge on any atom is -0.390 e. The zero-order chi connectivity index (χ0) is 21.6. The molecule has 1 aromatic heterocycles. The number of benzene rings is 2. The lowest BCUT2D eigenvalue weighted by molar-refractivity contribution is 0.0546. The summed E-state index contributed by atoms with van der Waals surface area (Å²) in [6.07, 6.45) is 0.469. The van der Waals surface area contributed by atoms with E-state index in [1.54, 1.807) is 0 Å². The van der Waals surface area contributed by atoms with E-state index >= 15 is 0 Å². The molecular weight excluding hydrogens is 459 g/mol. The number of imidazole rings is 1. The number of hydrogen-bond acceptors (Lipinski definition) is 4. The highest BCUT2D eigenvalue weighted by Gasteiger charge is 2.37. The van der Waals surface area contributed by atoms with Gasteiger partial charge < -0.3 is 10.1 Å². The number of sulfonamides is 1. The van der Waals surface area contributed by atoms with Crippen LogP contribution >= 0.6 is 23.2 Å². The van der Waals surface area contributed by atoms with Crippen molar-refractivity contribution in [1.82, 2.24) is 14.3 Å². The molecule has 0 radical (unpaired) electrons. The number of aromatic amines is 1. The maximum atomic E-state index is 13.7. The minimum absolute atomic E-state index is 0.00125. The van der Waals surface area contributed by atoms with Crippen LogP contribution in [-0.2, 0) is 10.0 Å². The Morgan fingerprint density at radius 1 is 1.07 bits per heavy atom. The standard InChI is InChI=1S/C19H15Cl2F2N3O3S/c20-13-5-10(1-3-15(13)22)18(11-2-4-16(23)14(21)6-11)19-24-7-17(25-19)30(28,29)26-8-12(27)9-26/h1-7,12,18,27H,8-9H2,(H,24,25). The van der Waals surface area contributed by atoms with E-state index in [-0.39, 0.29) is 34.0 Å². The quantitative estimate of drug-likeness (QED) is 0.593. The number of β-amino-alcohol motifs (C(OH)–C–C–N with tert-alkyl or cyclic N) is 1. The van der Waals surface area contributed by atoms with Crippen LogP contribution < -0.4 is 0 Å². The Hall–Kier alpha value is -2.04. The van der Waals surface area contributed by atoms with Crippen LogP contribution in [0.2, 0.25) is 10.0 Å². The van der Waals surface area contributed by atoms with Crippen LogP contribution in [0.15, 0.2) is 47.6 Å². The molecule has 0 unspecified atom stereocenters. The highest BCUT2D eigenvalue weighted by atomic mass is 35.5. The highest BCUT2D eigenvalue weighted by molar-refractivity contribution is 7.89. The largest absolute Gasteiger partial charge is 0.390 e. The molecule has 11 heteroatoms. The summed E-state index contributed by atoms with van der Waals surface area (Å²) in [4.78, 5) is 6.99. The summed E-state index contributed by atoms with van der Waals surface area (Å²) in [6, 6.07) is 8.09. The first-order valence-corrected chi connectivity index (χ1v) is 11.0. The maximum Gasteiger partial charge on any atom is 0.260 e. The van der Waals surface area contributed by atoms with Crippen LogP contribution in [0, 0.1) is 11.6 Å². The van der Waals surface area contributed by atoms with Gasteiger partial charge in [0.1, 0.15) is 17.5 Å². The molecule has 0 saturated carbocycles. The lowest BCUT2D eigenvalue weighted by atomic mass is 9.90. The molecule has 2 heterocycles. The molecule has 2 N–H and O–H groups in total. The van der Waals surface area contributed by atoms with Gasteiger partial charge in [-0.3, -0.25) is 0 Å². The molecule has 30 heavy (non-hydrogen) atoms. The Balaban J connectivity index is 1.79. The smallest absolute Gasteiger partial charge is 0.260 e. The second kappa shape index (κ2) is 7.90. The molecule has 0 aliphatic carbocycles. The van der Waals surface area contributed by atoms with E-state index in [4.69, 9.17) is 23.2 Å². The molecule has 3 aromatic rings. The number of hydrogen-bond donors (Lipinski definition) is 2. The van der Waals surface area contributed by atoms with Crippen LogP contribution in [0.3, 0.4) is 0 Å². The number of nitrogens with zero attached hydrogens (tertiary/aromatic N) is 2. The third kappa shape index (κ3) is 3.83. The van der Waals surface area contributed by atoms with Crippen molar-refractivity contribution in [3.05, 3.63) is 81.2 Å². The summed E-state index contributed by atoms with van der Waals surface area (Å²) in [6.45, 7) is 0.00249. The van der Waals surface area contributed by atoms with E-state index in [1.807, 2.05) is 0 Å². The molecule has 1 saturated heterocycles. The van der Waals surface area contributed by atoms with Gasteiger partial charge in [0.05, 0.1) is 28.3 Å². The summed E-state index contributed by atoms with van der Waals surface area (Å²) in [7, 11) is -3.86.